The van der Waals surface area contributed by atoms with Crippen molar-refractivity contribution in [1.29, 1.82) is 0 Å². The molecule has 0 aliphatic heterocycles. The van der Waals surface area contributed by atoms with Crippen molar-refractivity contribution in [3.05, 3.63) is 289 Å². The van der Waals surface area contributed by atoms with Crippen LogP contribution in [-0.2, 0) is 57.0 Å². The van der Waals surface area contributed by atoms with Crippen molar-refractivity contribution in [2.24, 2.45) is 4.99 Å². The first-order valence-electron chi connectivity index (χ1n) is 49.0. The first-order valence-corrected chi connectivity index (χ1v) is 52.3. The lowest BCUT2D eigenvalue weighted by Crippen LogP contribution is -2.17. The highest BCUT2D eigenvalue weighted by atomic mass is 32.1. The van der Waals surface area contributed by atoms with E-state index in [0.717, 1.165) is 149 Å². The Bertz CT molecular complexity index is 6800. The molecule has 19 aromatic rings. The third-order valence-electron chi connectivity index (χ3n) is 23.3. The number of benzene rings is 4. The van der Waals surface area contributed by atoms with Gasteiger partial charge in [0, 0.05) is 71.1 Å². The number of rotatable bonds is 20. The SMILES string of the molecule is CC(C)(C)N=Cc1ccccn1.CC(C)(C)c1cccc2sc(-c3nc4c(C(C)(C)C)cccc4s3)nc12.CC(C)c1cc(C(C)C)n(Cn2nc(C(C)C)cc2C(C)C)n1.Cc1cc(C)n(CCCn2nc(C)cc2C)n1.Cc1cc(C)n(CCn2nc(C)cc2C)n1.Cc1cc(C)n(Cn2nc(C)cc2C)n1.Cc1nc(C)n(Cn2nc(C)nc2C)n1.c1ccc2sc(-c3nc4ccccc4s3)nc2c1. The summed E-state index contributed by atoms with van der Waals surface area (Å²) in [4.78, 5) is 36.2. The van der Waals surface area contributed by atoms with Crippen LogP contribution in [0, 0.1) is 111 Å². The minimum absolute atomic E-state index is 0.0163. The maximum absolute atomic E-state index is 5.00. The molecule has 0 aliphatic rings. The molecule has 142 heavy (non-hydrogen) atoms. The highest BCUT2D eigenvalue weighted by molar-refractivity contribution is 7.28. The molecule has 0 spiro atoms. The third kappa shape index (κ3) is 29.5. The minimum atomic E-state index is -0.0163. The number of fused-ring (bicyclic) bond motifs is 4. The van der Waals surface area contributed by atoms with E-state index in [2.05, 4.69) is 346 Å². The minimum Gasteiger partial charge on any atom is -0.285 e. The molecule has 0 bridgehead atoms. The van der Waals surface area contributed by atoms with Crippen LogP contribution in [0.5, 0.6) is 0 Å². The smallest absolute Gasteiger partial charge is 0.153 e. The number of para-hydroxylation sites is 4. The van der Waals surface area contributed by atoms with Crippen LogP contribution in [0.4, 0.5) is 0 Å². The molecule has 0 amide bonds. The van der Waals surface area contributed by atoms with Crippen LogP contribution in [0.15, 0.2) is 163 Å². The number of hydrogen-bond donors (Lipinski definition) is 0. The topological polar surface area (TPSA) is 281 Å². The van der Waals surface area contributed by atoms with E-state index >= 15 is 0 Å². The Morgan fingerprint density at radius 1 is 0.303 bits per heavy atom. The number of pyridine rings is 1. The van der Waals surface area contributed by atoms with Crippen LogP contribution >= 0.6 is 45.3 Å². The summed E-state index contributed by atoms with van der Waals surface area (Å²) in [5, 5.41) is 48.9. The van der Waals surface area contributed by atoms with Gasteiger partial charge in [0.15, 0.2) is 20.0 Å². The quantitative estimate of drug-likeness (QED) is 0.0641. The predicted molar refractivity (Wildman–Crippen MR) is 586 cm³/mol. The molecule has 0 unspecified atom stereocenters. The monoisotopic (exact) mass is 1990 g/mol. The zero-order valence-corrected chi connectivity index (χ0v) is 93.0. The number of aliphatic imine (C=N–C) groups is 1. The summed E-state index contributed by atoms with van der Waals surface area (Å²) >= 11 is 6.90. The zero-order chi connectivity index (χ0) is 103. The molecule has 0 radical (unpaired) electrons. The average molecular weight is 1990 g/mol. The summed E-state index contributed by atoms with van der Waals surface area (Å²) < 4.78 is 24.9. The second-order valence-electron chi connectivity index (χ2n) is 40.7. The summed E-state index contributed by atoms with van der Waals surface area (Å²) in [5.74, 6) is 5.14. The van der Waals surface area contributed by atoms with Crippen molar-refractivity contribution >= 4 is 92.4 Å². The zero-order valence-electron chi connectivity index (χ0n) is 89.7. The summed E-state index contributed by atoms with van der Waals surface area (Å²) in [6.45, 7) is 75.2. The summed E-state index contributed by atoms with van der Waals surface area (Å²) in [7, 11) is 0. The predicted octanol–water partition coefficient (Wildman–Crippen LogP) is 26.0. The van der Waals surface area contributed by atoms with Crippen LogP contribution < -0.4 is 0 Å². The van der Waals surface area contributed by atoms with Gasteiger partial charge in [-0.15, -0.1) is 45.3 Å². The van der Waals surface area contributed by atoms with Gasteiger partial charge in [-0.25, -0.2) is 58.0 Å². The Hall–Kier alpha value is -12.8. The molecule has 15 aromatic heterocycles. The maximum atomic E-state index is 5.00. The standard InChI is InChI=1S/C22H24N2S2.C19H32N4.C14H8N2S2.C13H20N4.C12H18N4.C11H16N4.C10H14N2.C9H14N6/c1-21(2,3)13-9-7-11-15-17(13)23-19(25-15)20-24-18-14(22(4,5)6)10-8-12-16(18)26-20;1-12(2)16-9-18(14(5)6)22(20-16)11-23-19(15(7)8)10-17(21-23)13(3)4;1-3-7-11-9(5-1)15-13(17-11)14-16-10-6-2-4-8-12(10)18-14;1-10-8-12(3)16(14-10)6-5-7-17-13(4)9-11(2)15-17;1-9-7-11(3)15(13-9)5-6-16-12(4)8-10(2)14-16;1-8-5-10(3)14(12-8)7-15-11(4)6-9(2)13-15;1-10(2,3)12-8-9-6-4-5-7-11-9;1-6-10-8(3)14(12-6)5-15-9(4)11-7(2)13-15/h7-12H,1-6H3;9-10,12-15H,11H2,1-8H3;1-8H;8-9H,5-7H2,1-4H3;7-8H,5-6H2,1-4H3;5-6H,7H2,1-4H3;4-8H,1-3H3;5H2,1-4H3. The van der Waals surface area contributed by atoms with Gasteiger partial charge in [-0.1, -0.05) is 152 Å². The van der Waals surface area contributed by atoms with Gasteiger partial charge in [0.1, 0.15) is 43.3 Å². The van der Waals surface area contributed by atoms with Crippen LogP contribution in [0.3, 0.4) is 0 Å². The molecule has 0 fully saturated rings. The van der Waals surface area contributed by atoms with Crippen molar-refractivity contribution < 1.29 is 0 Å². The number of hydrogen-bond acceptors (Lipinski definition) is 22. The van der Waals surface area contributed by atoms with Gasteiger partial charge in [-0.2, -0.15) is 51.0 Å². The van der Waals surface area contributed by atoms with Crippen molar-refractivity contribution in [3.8, 4) is 20.0 Å². The molecule has 19 rings (SSSR count). The van der Waals surface area contributed by atoms with Gasteiger partial charge in [-0.3, -0.25) is 28.7 Å². The third-order valence-corrected chi connectivity index (χ3v) is 27.7. The van der Waals surface area contributed by atoms with E-state index in [1.807, 2.05) is 152 Å². The number of nitrogens with zero attached hydrogens (tertiary/aromatic N) is 28. The average Bonchev–Trinajstić information content (AvgIpc) is 1.62. The van der Waals surface area contributed by atoms with Gasteiger partial charge in [0.05, 0.1) is 111 Å². The summed E-state index contributed by atoms with van der Waals surface area (Å²) in [5.41, 5.74) is 26.5. The van der Waals surface area contributed by atoms with Crippen molar-refractivity contribution in [3.63, 3.8) is 0 Å². The van der Waals surface area contributed by atoms with Crippen LogP contribution in [0.1, 0.15) is 279 Å². The first kappa shape index (κ1) is 108. The highest BCUT2D eigenvalue weighted by Gasteiger charge is 2.25. The second kappa shape index (κ2) is 47.4. The van der Waals surface area contributed by atoms with Gasteiger partial charge >= 0.3 is 0 Å². The number of aryl methyl sites for hydroxylation is 20. The fourth-order valence-electron chi connectivity index (χ4n) is 16.1. The molecular formula is C110H146N28S4. The van der Waals surface area contributed by atoms with Crippen molar-refractivity contribution in [2.45, 2.75) is 321 Å². The Kier molecular flexibility index (Phi) is 36.1. The normalized spacial score (nSPS) is 11.7. The Morgan fingerprint density at radius 3 is 0.923 bits per heavy atom. The molecule has 0 atom stereocenters. The largest absolute Gasteiger partial charge is 0.285 e. The molecule has 32 heteroatoms. The Labute approximate surface area is 854 Å². The molecule has 4 aromatic carbocycles. The Balaban J connectivity index is 0.000000146. The molecule has 28 nitrogen and oxygen atoms in total. The van der Waals surface area contributed by atoms with Gasteiger partial charge in [-0.05, 0) is 281 Å². The van der Waals surface area contributed by atoms with E-state index < -0.39 is 0 Å². The highest BCUT2D eigenvalue weighted by Crippen LogP contribution is 2.42. The van der Waals surface area contributed by atoms with Crippen molar-refractivity contribution in [1.82, 2.24) is 133 Å². The first-order chi connectivity index (χ1) is 67.1. The van der Waals surface area contributed by atoms with Crippen LogP contribution in [0.25, 0.3) is 60.9 Å². The lowest BCUT2D eigenvalue weighted by atomic mass is 9.86. The van der Waals surface area contributed by atoms with E-state index in [1.165, 1.54) is 75.5 Å². The molecule has 0 N–H and O–H groups in total. The second-order valence-corrected chi connectivity index (χ2v) is 44.9. The summed E-state index contributed by atoms with van der Waals surface area (Å²) in [6.07, 6.45) is 4.63. The van der Waals surface area contributed by atoms with E-state index in [-0.39, 0.29) is 16.4 Å². The number of thiazole rings is 4. The van der Waals surface area contributed by atoms with E-state index in [0.29, 0.717) is 43.7 Å². The fourth-order valence-corrected chi connectivity index (χ4v) is 20.1. The maximum Gasteiger partial charge on any atom is 0.153 e. The van der Waals surface area contributed by atoms with Gasteiger partial charge in [0.2, 0.25) is 0 Å². The van der Waals surface area contributed by atoms with Gasteiger partial charge < -0.3 is 0 Å². The molecular weight excluding hydrogens is 1840 g/mol. The fraction of sp³-hybridized carbons (Fsp3) is 0.436. The molecule has 0 saturated heterocycles. The molecule has 0 aliphatic carbocycles. The number of aromatic nitrogens is 27. The van der Waals surface area contributed by atoms with Gasteiger partial charge in [0.25, 0.3) is 0 Å². The lowest BCUT2D eigenvalue weighted by Gasteiger charge is -2.19. The van der Waals surface area contributed by atoms with Crippen LogP contribution in [0.2, 0.25) is 0 Å². The van der Waals surface area contributed by atoms with Crippen molar-refractivity contribution in [2.75, 3.05) is 0 Å². The van der Waals surface area contributed by atoms with Crippen LogP contribution in [-0.4, -0.2) is 144 Å². The van der Waals surface area contributed by atoms with E-state index in [1.54, 1.807) is 57.8 Å². The molecule has 15 heterocycles. The lowest BCUT2D eigenvalue weighted by molar-refractivity contribution is 0.451. The van der Waals surface area contributed by atoms with E-state index in [9.17, 15) is 0 Å². The van der Waals surface area contributed by atoms with E-state index in [4.69, 9.17) is 20.2 Å². The molecule has 0 saturated carbocycles. The molecule has 750 valence electrons. The Morgan fingerprint density at radius 2 is 0.620 bits per heavy atom. The summed E-state index contributed by atoms with van der Waals surface area (Å²) in [6, 6.07) is 52.3.